The normalized spacial score (nSPS) is 33.7. The molecule has 0 aromatic rings. The molecular formula is C12H19NO4. The van der Waals surface area contributed by atoms with Crippen molar-refractivity contribution in [2.24, 2.45) is 5.92 Å². The number of piperidine rings is 1. The standard InChI is InChI=1S/C12H19NO4/c1-12(5-3-7-17-12)11(16)13-6-2-4-9(8-13)10(14)15/h9H,2-8H2,1H3,(H,14,15)/t9-,12?/m0/s1. The summed E-state index contributed by atoms with van der Waals surface area (Å²) >= 11 is 0. The van der Waals surface area contributed by atoms with Crippen LogP contribution in [0.5, 0.6) is 0 Å². The Morgan fingerprint density at radius 1 is 1.41 bits per heavy atom. The maximum Gasteiger partial charge on any atom is 0.308 e. The van der Waals surface area contributed by atoms with Crippen molar-refractivity contribution in [2.45, 2.75) is 38.2 Å². The Balaban J connectivity index is 2.01. The molecule has 0 aromatic heterocycles. The van der Waals surface area contributed by atoms with E-state index in [0.717, 1.165) is 19.3 Å². The van der Waals surface area contributed by atoms with Crippen molar-refractivity contribution >= 4 is 11.9 Å². The van der Waals surface area contributed by atoms with Gasteiger partial charge < -0.3 is 14.7 Å². The summed E-state index contributed by atoms with van der Waals surface area (Å²) in [5.41, 5.74) is -0.722. The second-order valence-corrected chi connectivity index (χ2v) is 5.11. The summed E-state index contributed by atoms with van der Waals surface area (Å²) in [7, 11) is 0. The lowest BCUT2D eigenvalue weighted by atomic mass is 9.94. The molecule has 96 valence electrons. The van der Waals surface area contributed by atoms with Gasteiger partial charge in [0.05, 0.1) is 5.92 Å². The molecule has 0 bridgehead atoms. The fraction of sp³-hybridized carbons (Fsp3) is 0.833. The fourth-order valence-electron chi connectivity index (χ4n) is 2.65. The maximum absolute atomic E-state index is 12.3. The van der Waals surface area contributed by atoms with Crippen molar-refractivity contribution in [1.29, 1.82) is 0 Å². The first-order valence-electron chi connectivity index (χ1n) is 6.19. The van der Waals surface area contributed by atoms with Crippen molar-refractivity contribution in [3.63, 3.8) is 0 Å². The van der Waals surface area contributed by atoms with Gasteiger partial charge in [0.1, 0.15) is 5.60 Å². The molecule has 17 heavy (non-hydrogen) atoms. The van der Waals surface area contributed by atoms with Gasteiger partial charge in [-0.15, -0.1) is 0 Å². The number of likely N-dealkylation sites (tertiary alicyclic amines) is 1. The second kappa shape index (κ2) is 4.64. The molecule has 2 saturated heterocycles. The van der Waals surface area contributed by atoms with Gasteiger partial charge in [-0.25, -0.2) is 0 Å². The lowest BCUT2D eigenvalue weighted by molar-refractivity contribution is -0.155. The molecular weight excluding hydrogens is 222 g/mol. The number of nitrogens with zero attached hydrogens (tertiary/aromatic N) is 1. The molecule has 2 aliphatic heterocycles. The Hall–Kier alpha value is -1.10. The van der Waals surface area contributed by atoms with Crippen LogP contribution in [0.1, 0.15) is 32.6 Å². The van der Waals surface area contributed by atoms with Crippen molar-refractivity contribution in [3.8, 4) is 0 Å². The van der Waals surface area contributed by atoms with E-state index in [1.165, 1.54) is 0 Å². The van der Waals surface area contributed by atoms with Gasteiger partial charge >= 0.3 is 5.97 Å². The zero-order valence-electron chi connectivity index (χ0n) is 10.1. The van der Waals surface area contributed by atoms with Crippen LogP contribution in [0.2, 0.25) is 0 Å². The van der Waals surface area contributed by atoms with Crippen molar-refractivity contribution < 1.29 is 19.4 Å². The minimum Gasteiger partial charge on any atom is -0.481 e. The highest BCUT2D eigenvalue weighted by Crippen LogP contribution is 2.29. The Morgan fingerprint density at radius 2 is 2.18 bits per heavy atom. The van der Waals surface area contributed by atoms with Crippen LogP contribution in [-0.2, 0) is 14.3 Å². The molecule has 2 rings (SSSR count). The molecule has 2 atom stereocenters. The van der Waals surface area contributed by atoms with E-state index in [1.54, 1.807) is 4.90 Å². The maximum atomic E-state index is 12.3. The number of hydrogen-bond acceptors (Lipinski definition) is 3. The molecule has 0 aromatic carbocycles. The first-order chi connectivity index (χ1) is 8.03. The van der Waals surface area contributed by atoms with E-state index in [-0.39, 0.29) is 5.91 Å². The van der Waals surface area contributed by atoms with Gasteiger partial charge in [0.25, 0.3) is 5.91 Å². The minimum absolute atomic E-state index is 0.0408. The summed E-state index contributed by atoms with van der Waals surface area (Å²) < 4.78 is 5.51. The van der Waals surface area contributed by atoms with Crippen molar-refractivity contribution in [3.05, 3.63) is 0 Å². The summed E-state index contributed by atoms with van der Waals surface area (Å²) in [6.07, 6.45) is 3.06. The average molecular weight is 241 g/mol. The van der Waals surface area contributed by atoms with Crippen LogP contribution in [0, 0.1) is 5.92 Å². The number of amides is 1. The number of rotatable bonds is 2. The van der Waals surface area contributed by atoms with Crippen LogP contribution in [-0.4, -0.2) is 47.2 Å². The smallest absolute Gasteiger partial charge is 0.308 e. The van der Waals surface area contributed by atoms with Crippen molar-refractivity contribution in [1.82, 2.24) is 4.90 Å². The van der Waals surface area contributed by atoms with Gasteiger partial charge in [-0.3, -0.25) is 9.59 Å². The van der Waals surface area contributed by atoms with E-state index in [9.17, 15) is 9.59 Å². The highest BCUT2D eigenvalue weighted by atomic mass is 16.5. The molecule has 0 spiro atoms. The molecule has 1 unspecified atom stereocenters. The van der Waals surface area contributed by atoms with E-state index in [0.29, 0.717) is 26.1 Å². The number of aliphatic carboxylic acids is 1. The highest BCUT2D eigenvalue weighted by molar-refractivity contribution is 5.85. The first kappa shape index (κ1) is 12.4. The van der Waals surface area contributed by atoms with Crippen LogP contribution in [0.25, 0.3) is 0 Å². The van der Waals surface area contributed by atoms with E-state index < -0.39 is 17.5 Å². The van der Waals surface area contributed by atoms with Crippen LogP contribution in [0.15, 0.2) is 0 Å². The van der Waals surface area contributed by atoms with Crippen LogP contribution in [0.4, 0.5) is 0 Å². The first-order valence-corrected chi connectivity index (χ1v) is 6.19. The minimum atomic E-state index is -0.806. The highest BCUT2D eigenvalue weighted by Gasteiger charge is 2.42. The van der Waals surface area contributed by atoms with E-state index >= 15 is 0 Å². The fourth-order valence-corrected chi connectivity index (χ4v) is 2.65. The van der Waals surface area contributed by atoms with Crippen LogP contribution in [0.3, 0.4) is 0 Å². The topological polar surface area (TPSA) is 66.8 Å². The molecule has 0 radical (unpaired) electrons. The van der Waals surface area contributed by atoms with Gasteiger partial charge in [-0.05, 0) is 32.6 Å². The zero-order valence-corrected chi connectivity index (χ0v) is 10.1. The molecule has 5 heteroatoms. The summed E-state index contributed by atoms with van der Waals surface area (Å²) in [5, 5.41) is 9.00. The largest absolute Gasteiger partial charge is 0.481 e. The van der Waals surface area contributed by atoms with Gasteiger partial charge in [0, 0.05) is 19.7 Å². The average Bonchev–Trinajstić information content (AvgIpc) is 2.76. The molecule has 5 nitrogen and oxygen atoms in total. The molecule has 1 N–H and O–H groups in total. The van der Waals surface area contributed by atoms with Gasteiger partial charge in [-0.2, -0.15) is 0 Å². The molecule has 2 heterocycles. The Bertz CT molecular complexity index is 322. The second-order valence-electron chi connectivity index (χ2n) is 5.11. The van der Waals surface area contributed by atoms with Gasteiger partial charge in [-0.1, -0.05) is 0 Å². The molecule has 2 fully saturated rings. The molecule has 2 aliphatic rings. The quantitative estimate of drug-likeness (QED) is 0.779. The van der Waals surface area contributed by atoms with Crippen LogP contribution >= 0.6 is 0 Å². The number of carboxylic acids is 1. The summed E-state index contributed by atoms with van der Waals surface area (Å²) in [5.74, 6) is -1.27. The number of carbonyl (C=O) groups is 2. The number of carboxylic acid groups (broad SMARTS) is 1. The lowest BCUT2D eigenvalue weighted by Gasteiger charge is -2.35. The van der Waals surface area contributed by atoms with Crippen molar-refractivity contribution in [2.75, 3.05) is 19.7 Å². The summed E-state index contributed by atoms with van der Waals surface area (Å²) in [6, 6.07) is 0. The van der Waals surface area contributed by atoms with Gasteiger partial charge in [0.15, 0.2) is 0 Å². The van der Waals surface area contributed by atoms with Gasteiger partial charge in [0.2, 0.25) is 0 Å². The Kier molecular flexibility index (Phi) is 3.38. The third-order valence-electron chi connectivity index (χ3n) is 3.73. The lowest BCUT2D eigenvalue weighted by Crippen LogP contribution is -2.51. The zero-order chi connectivity index (χ0) is 12.5. The predicted octanol–water partition coefficient (Wildman–Crippen LogP) is 0.879. The molecule has 1 amide bonds. The third kappa shape index (κ3) is 2.44. The number of carbonyl (C=O) groups excluding carboxylic acids is 1. The molecule has 0 aliphatic carbocycles. The predicted molar refractivity (Wildman–Crippen MR) is 60.5 cm³/mol. The summed E-state index contributed by atoms with van der Waals surface area (Å²) in [4.78, 5) is 24.9. The summed E-state index contributed by atoms with van der Waals surface area (Å²) in [6.45, 7) is 3.42. The third-order valence-corrected chi connectivity index (χ3v) is 3.73. The number of ether oxygens (including phenoxy) is 1. The van der Waals surface area contributed by atoms with E-state index in [1.807, 2.05) is 6.92 Å². The SMILES string of the molecule is CC1(C(=O)N2CCC[C@H](C(=O)O)C2)CCCO1. The monoisotopic (exact) mass is 241 g/mol. The van der Waals surface area contributed by atoms with E-state index in [4.69, 9.17) is 9.84 Å². The number of hydrogen-bond donors (Lipinski definition) is 1. The Labute approximate surface area is 101 Å². The Morgan fingerprint density at radius 3 is 2.76 bits per heavy atom. The van der Waals surface area contributed by atoms with Crippen LogP contribution < -0.4 is 0 Å². The molecule has 0 saturated carbocycles. The van der Waals surface area contributed by atoms with E-state index in [2.05, 4.69) is 0 Å².